The van der Waals surface area contributed by atoms with Crippen molar-refractivity contribution < 1.29 is 13.2 Å². The van der Waals surface area contributed by atoms with E-state index in [-0.39, 0.29) is 5.69 Å². The van der Waals surface area contributed by atoms with Crippen molar-refractivity contribution in [2.45, 2.75) is 6.54 Å². The van der Waals surface area contributed by atoms with Crippen LogP contribution in [0.5, 0.6) is 0 Å². The molecule has 0 aliphatic rings. The maximum Gasteiger partial charge on any atom is 0.152 e. The van der Waals surface area contributed by atoms with Gasteiger partial charge in [-0.2, -0.15) is 11.3 Å². The largest absolute Gasteiger partial charge is 0.376 e. The van der Waals surface area contributed by atoms with Gasteiger partial charge in [0, 0.05) is 18.7 Å². The molecule has 16 heavy (non-hydrogen) atoms. The molecule has 0 bridgehead atoms. The highest BCUT2D eigenvalue weighted by molar-refractivity contribution is 7.07. The van der Waals surface area contributed by atoms with Crippen molar-refractivity contribution in [1.29, 1.82) is 0 Å². The van der Waals surface area contributed by atoms with Gasteiger partial charge in [0.05, 0.1) is 0 Å². The summed E-state index contributed by atoms with van der Waals surface area (Å²) in [6, 6.07) is 3.15. The predicted molar refractivity (Wildman–Crippen MR) is 58.0 cm³/mol. The first-order valence-corrected chi connectivity index (χ1v) is 5.50. The summed E-state index contributed by atoms with van der Waals surface area (Å²) in [7, 11) is 0. The lowest BCUT2D eigenvalue weighted by molar-refractivity contribution is 0.547. The number of hydrogen-bond acceptors (Lipinski definition) is 2. The highest BCUT2D eigenvalue weighted by Crippen LogP contribution is 2.21. The van der Waals surface area contributed by atoms with Gasteiger partial charge in [0.2, 0.25) is 0 Å². The Hall–Kier alpha value is -1.49. The molecule has 84 valence electrons. The molecule has 1 aromatic heterocycles. The van der Waals surface area contributed by atoms with E-state index >= 15 is 0 Å². The molecule has 0 saturated carbocycles. The van der Waals surface area contributed by atoms with Gasteiger partial charge >= 0.3 is 0 Å². The highest BCUT2D eigenvalue weighted by atomic mass is 32.1. The zero-order valence-corrected chi connectivity index (χ0v) is 8.95. The minimum atomic E-state index is -0.923. The van der Waals surface area contributed by atoms with E-state index in [9.17, 15) is 13.2 Å². The van der Waals surface area contributed by atoms with Crippen molar-refractivity contribution >= 4 is 17.0 Å². The lowest BCUT2D eigenvalue weighted by Crippen LogP contribution is -2.03. The third-order valence-corrected chi connectivity index (χ3v) is 2.79. The Balaban J connectivity index is 2.15. The summed E-state index contributed by atoms with van der Waals surface area (Å²) in [6.45, 7) is 0.309. The molecular formula is C11H8F3NS. The Labute approximate surface area is 94.5 Å². The minimum absolute atomic E-state index is 0.299. The smallest absolute Gasteiger partial charge is 0.152 e. The molecule has 5 heteroatoms. The fraction of sp³-hybridized carbons (Fsp3) is 0.0909. The molecule has 1 heterocycles. The number of hydrogen-bond donors (Lipinski definition) is 1. The van der Waals surface area contributed by atoms with Crippen LogP contribution in [0.25, 0.3) is 0 Å². The number of nitrogens with one attached hydrogen (secondary N) is 1. The van der Waals surface area contributed by atoms with E-state index in [2.05, 4.69) is 5.32 Å². The predicted octanol–water partition coefficient (Wildman–Crippen LogP) is 3.78. The van der Waals surface area contributed by atoms with Crippen molar-refractivity contribution in [2.24, 2.45) is 0 Å². The van der Waals surface area contributed by atoms with E-state index in [0.29, 0.717) is 18.7 Å². The first-order chi connectivity index (χ1) is 7.66. The second-order valence-electron chi connectivity index (χ2n) is 3.23. The van der Waals surface area contributed by atoms with Gasteiger partial charge in [0.25, 0.3) is 0 Å². The zero-order valence-electron chi connectivity index (χ0n) is 8.14. The lowest BCUT2D eigenvalue weighted by atomic mass is 10.2. The maximum absolute atomic E-state index is 13.2. The Morgan fingerprint density at radius 3 is 2.38 bits per heavy atom. The maximum atomic E-state index is 13.2. The topological polar surface area (TPSA) is 12.0 Å². The van der Waals surface area contributed by atoms with E-state index in [1.807, 2.05) is 16.8 Å². The first-order valence-electron chi connectivity index (χ1n) is 4.56. The van der Waals surface area contributed by atoms with Crippen molar-refractivity contribution in [2.75, 3.05) is 5.32 Å². The van der Waals surface area contributed by atoms with Crippen LogP contribution in [0.4, 0.5) is 18.9 Å². The van der Waals surface area contributed by atoms with Crippen LogP contribution >= 0.6 is 11.3 Å². The molecule has 0 aliphatic carbocycles. The SMILES string of the molecule is Fc1cc(F)c(NCc2ccsc2)c(F)c1. The van der Waals surface area contributed by atoms with Crippen LogP contribution < -0.4 is 5.32 Å². The van der Waals surface area contributed by atoms with Gasteiger partial charge in [-0.25, -0.2) is 13.2 Å². The first kappa shape index (κ1) is 11.0. The molecule has 1 nitrogen and oxygen atoms in total. The normalized spacial score (nSPS) is 10.4. The number of anilines is 1. The molecule has 0 fully saturated rings. The molecule has 0 spiro atoms. The summed E-state index contributed by atoms with van der Waals surface area (Å²) in [6.07, 6.45) is 0. The van der Waals surface area contributed by atoms with Crippen molar-refractivity contribution in [3.8, 4) is 0 Å². The molecule has 0 atom stereocenters. The Kier molecular flexibility index (Phi) is 3.14. The average molecular weight is 243 g/mol. The third-order valence-electron chi connectivity index (χ3n) is 2.06. The molecule has 1 aromatic carbocycles. The van der Waals surface area contributed by atoms with Gasteiger partial charge in [0.15, 0.2) is 11.6 Å². The summed E-state index contributed by atoms with van der Waals surface area (Å²) in [5.74, 6) is -2.77. The standard InChI is InChI=1S/C11H8F3NS/c12-8-3-9(13)11(10(14)4-8)15-5-7-1-2-16-6-7/h1-4,6,15H,5H2. The van der Waals surface area contributed by atoms with Crippen LogP contribution in [-0.4, -0.2) is 0 Å². The zero-order chi connectivity index (χ0) is 11.5. The van der Waals surface area contributed by atoms with E-state index in [4.69, 9.17) is 0 Å². The fourth-order valence-electron chi connectivity index (χ4n) is 1.29. The molecule has 0 amide bonds. The summed E-state index contributed by atoms with van der Waals surface area (Å²) in [5, 5.41) is 6.34. The third kappa shape index (κ3) is 2.36. The Morgan fingerprint density at radius 1 is 1.12 bits per heavy atom. The summed E-state index contributed by atoms with van der Waals surface area (Å²) < 4.78 is 39.0. The summed E-state index contributed by atoms with van der Waals surface area (Å²) in [4.78, 5) is 0. The fourth-order valence-corrected chi connectivity index (χ4v) is 1.96. The molecule has 2 aromatic rings. The van der Waals surface area contributed by atoms with Crippen molar-refractivity contribution in [1.82, 2.24) is 0 Å². The number of thiophene rings is 1. The van der Waals surface area contributed by atoms with Gasteiger partial charge in [-0.05, 0) is 22.4 Å². The van der Waals surface area contributed by atoms with Crippen LogP contribution in [0, 0.1) is 17.5 Å². The van der Waals surface area contributed by atoms with Crippen LogP contribution in [0.15, 0.2) is 29.0 Å². The monoisotopic (exact) mass is 243 g/mol. The van der Waals surface area contributed by atoms with E-state index in [0.717, 1.165) is 5.56 Å². The molecule has 2 rings (SSSR count). The van der Waals surface area contributed by atoms with Crippen LogP contribution in [0.2, 0.25) is 0 Å². The van der Waals surface area contributed by atoms with Crippen molar-refractivity contribution in [3.05, 3.63) is 52.0 Å². The Morgan fingerprint density at radius 2 is 1.81 bits per heavy atom. The van der Waals surface area contributed by atoms with Gasteiger partial charge in [0.1, 0.15) is 11.5 Å². The van der Waals surface area contributed by atoms with Gasteiger partial charge in [-0.3, -0.25) is 0 Å². The quantitative estimate of drug-likeness (QED) is 0.865. The van der Waals surface area contributed by atoms with E-state index in [1.165, 1.54) is 11.3 Å². The second-order valence-corrected chi connectivity index (χ2v) is 4.01. The number of rotatable bonds is 3. The van der Waals surface area contributed by atoms with E-state index in [1.54, 1.807) is 0 Å². The van der Waals surface area contributed by atoms with Gasteiger partial charge in [-0.1, -0.05) is 0 Å². The van der Waals surface area contributed by atoms with Crippen LogP contribution in [0.1, 0.15) is 5.56 Å². The van der Waals surface area contributed by atoms with Crippen LogP contribution in [0.3, 0.4) is 0 Å². The molecule has 0 unspecified atom stereocenters. The summed E-state index contributed by atoms with van der Waals surface area (Å²) >= 11 is 1.50. The van der Waals surface area contributed by atoms with Gasteiger partial charge < -0.3 is 5.32 Å². The summed E-state index contributed by atoms with van der Waals surface area (Å²) in [5.41, 5.74) is 0.626. The molecule has 0 radical (unpaired) electrons. The van der Waals surface area contributed by atoms with E-state index < -0.39 is 17.5 Å². The van der Waals surface area contributed by atoms with Crippen LogP contribution in [-0.2, 0) is 6.54 Å². The van der Waals surface area contributed by atoms with Gasteiger partial charge in [-0.15, -0.1) is 0 Å². The molecular weight excluding hydrogens is 235 g/mol. The highest BCUT2D eigenvalue weighted by Gasteiger charge is 2.10. The molecule has 0 saturated heterocycles. The molecule has 1 N–H and O–H groups in total. The second kappa shape index (κ2) is 4.57. The van der Waals surface area contributed by atoms with Crippen molar-refractivity contribution in [3.63, 3.8) is 0 Å². The average Bonchev–Trinajstić information content (AvgIpc) is 2.68. The Bertz CT molecular complexity index is 459. The molecule has 0 aliphatic heterocycles. The lowest BCUT2D eigenvalue weighted by Gasteiger charge is -2.07. The minimum Gasteiger partial charge on any atom is -0.376 e. The number of benzene rings is 1. The number of halogens is 3.